The van der Waals surface area contributed by atoms with E-state index >= 15 is 0 Å². The third-order valence-corrected chi connectivity index (χ3v) is 5.51. The summed E-state index contributed by atoms with van der Waals surface area (Å²) in [5, 5.41) is 4.51. The summed E-state index contributed by atoms with van der Waals surface area (Å²) in [5.74, 6) is 0.483. The Balaban J connectivity index is 1.32. The van der Waals surface area contributed by atoms with Gasteiger partial charge in [-0.15, -0.1) is 0 Å². The van der Waals surface area contributed by atoms with E-state index in [1.807, 2.05) is 36.1 Å². The number of benzene rings is 1. The molecule has 5 rings (SSSR count). The van der Waals surface area contributed by atoms with Crippen LogP contribution in [0.15, 0.2) is 61.2 Å². The molecule has 6 nitrogen and oxygen atoms in total. The Hall–Kier alpha value is -3.45. The van der Waals surface area contributed by atoms with Gasteiger partial charge in [-0.1, -0.05) is 0 Å². The van der Waals surface area contributed by atoms with E-state index in [9.17, 15) is 4.39 Å². The van der Waals surface area contributed by atoms with Crippen molar-refractivity contribution in [2.24, 2.45) is 0 Å². The molecule has 3 aromatic heterocycles. The van der Waals surface area contributed by atoms with Crippen LogP contribution in [-0.4, -0.2) is 36.2 Å². The summed E-state index contributed by atoms with van der Waals surface area (Å²) < 4.78 is 15.1. The topological polar surface area (TPSA) is 59.7 Å². The van der Waals surface area contributed by atoms with Gasteiger partial charge in [0.2, 0.25) is 0 Å². The Morgan fingerprint density at radius 2 is 1.93 bits per heavy atom. The minimum absolute atomic E-state index is 0.246. The number of pyridine rings is 1. The zero-order valence-electron chi connectivity index (χ0n) is 16.7. The van der Waals surface area contributed by atoms with Gasteiger partial charge in [-0.2, -0.15) is 5.10 Å². The Bertz CT molecular complexity index is 1170. The Morgan fingerprint density at radius 3 is 2.73 bits per heavy atom. The maximum absolute atomic E-state index is 13.2. The SMILES string of the molecule is Cc1c(CN2CCc3nc(-c4cccnc4)ncc3C2)cnn1-c1ccc(F)cc1. The van der Waals surface area contributed by atoms with Crippen LogP contribution in [0.25, 0.3) is 17.1 Å². The molecule has 0 saturated heterocycles. The number of halogens is 1. The molecule has 4 heterocycles. The second-order valence-corrected chi connectivity index (χ2v) is 7.51. The van der Waals surface area contributed by atoms with E-state index in [4.69, 9.17) is 4.98 Å². The highest BCUT2D eigenvalue weighted by atomic mass is 19.1. The first kappa shape index (κ1) is 18.6. The van der Waals surface area contributed by atoms with Gasteiger partial charge in [-0.25, -0.2) is 19.0 Å². The summed E-state index contributed by atoms with van der Waals surface area (Å²) in [6.07, 6.45) is 8.26. The molecule has 0 aliphatic carbocycles. The summed E-state index contributed by atoms with van der Waals surface area (Å²) in [6.45, 7) is 4.59. The average molecular weight is 400 g/mol. The van der Waals surface area contributed by atoms with Crippen molar-refractivity contribution >= 4 is 0 Å². The molecular formula is C23H21FN6. The molecule has 0 bridgehead atoms. The second kappa shape index (κ2) is 7.76. The normalized spacial score (nSPS) is 13.9. The summed E-state index contributed by atoms with van der Waals surface area (Å²) >= 11 is 0. The molecule has 0 N–H and O–H groups in total. The molecule has 0 saturated carbocycles. The minimum Gasteiger partial charge on any atom is -0.294 e. The first-order chi connectivity index (χ1) is 14.7. The zero-order valence-corrected chi connectivity index (χ0v) is 16.7. The van der Waals surface area contributed by atoms with Crippen LogP contribution in [0.4, 0.5) is 4.39 Å². The van der Waals surface area contributed by atoms with Crippen molar-refractivity contribution in [2.75, 3.05) is 6.54 Å². The van der Waals surface area contributed by atoms with Gasteiger partial charge in [0.25, 0.3) is 0 Å². The molecule has 150 valence electrons. The van der Waals surface area contributed by atoms with Crippen LogP contribution in [0.5, 0.6) is 0 Å². The van der Waals surface area contributed by atoms with Crippen LogP contribution in [0.2, 0.25) is 0 Å². The monoisotopic (exact) mass is 400 g/mol. The lowest BCUT2D eigenvalue weighted by Gasteiger charge is -2.28. The molecular weight excluding hydrogens is 379 g/mol. The van der Waals surface area contributed by atoms with Gasteiger partial charge in [0, 0.05) is 67.0 Å². The van der Waals surface area contributed by atoms with E-state index in [1.165, 1.54) is 12.1 Å². The standard InChI is InChI=1S/C23H21FN6/c1-16-18(13-27-30(16)21-6-4-20(24)5-7-21)14-29-10-8-22-19(15-29)12-26-23(28-22)17-3-2-9-25-11-17/h2-7,9,11-13H,8,10,14-15H2,1H3. The van der Waals surface area contributed by atoms with Crippen LogP contribution >= 0.6 is 0 Å². The van der Waals surface area contributed by atoms with Crippen LogP contribution in [0.3, 0.4) is 0 Å². The number of fused-ring (bicyclic) bond motifs is 1. The van der Waals surface area contributed by atoms with Crippen molar-refractivity contribution < 1.29 is 4.39 Å². The van der Waals surface area contributed by atoms with Crippen molar-refractivity contribution in [1.82, 2.24) is 29.6 Å². The molecule has 1 aliphatic rings. The second-order valence-electron chi connectivity index (χ2n) is 7.51. The first-order valence-electron chi connectivity index (χ1n) is 9.94. The lowest BCUT2D eigenvalue weighted by atomic mass is 10.1. The number of hydrogen-bond acceptors (Lipinski definition) is 5. The fourth-order valence-corrected chi connectivity index (χ4v) is 3.83. The third kappa shape index (κ3) is 3.59. The molecule has 0 radical (unpaired) electrons. The minimum atomic E-state index is -0.246. The molecule has 1 aromatic carbocycles. The molecule has 0 atom stereocenters. The van der Waals surface area contributed by atoms with Gasteiger partial charge >= 0.3 is 0 Å². The molecule has 4 aromatic rings. The Morgan fingerprint density at radius 1 is 1.07 bits per heavy atom. The predicted octanol–water partition coefficient (Wildman–Crippen LogP) is 3.73. The van der Waals surface area contributed by atoms with Crippen molar-refractivity contribution in [1.29, 1.82) is 0 Å². The predicted molar refractivity (Wildman–Crippen MR) is 111 cm³/mol. The first-order valence-corrected chi connectivity index (χ1v) is 9.94. The third-order valence-electron chi connectivity index (χ3n) is 5.51. The van der Waals surface area contributed by atoms with E-state index in [1.54, 1.807) is 24.5 Å². The van der Waals surface area contributed by atoms with E-state index < -0.39 is 0 Å². The number of hydrogen-bond donors (Lipinski definition) is 0. The van der Waals surface area contributed by atoms with Crippen molar-refractivity contribution in [3.8, 4) is 17.1 Å². The summed E-state index contributed by atoms with van der Waals surface area (Å²) in [5.41, 5.74) is 6.30. The molecule has 1 aliphatic heterocycles. The summed E-state index contributed by atoms with van der Waals surface area (Å²) in [6, 6.07) is 10.3. The number of aromatic nitrogens is 5. The lowest BCUT2D eigenvalue weighted by Crippen LogP contribution is -2.31. The Kier molecular flexibility index (Phi) is 4.80. The molecule has 0 fully saturated rings. The quantitative estimate of drug-likeness (QED) is 0.522. The average Bonchev–Trinajstić information content (AvgIpc) is 3.14. The van der Waals surface area contributed by atoms with Gasteiger partial charge in [0.1, 0.15) is 5.82 Å². The molecule has 7 heteroatoms. The fraction of sp³-hybridized carbons (Fsp3) is 0.217. The lowest BCUT2D eigenvalue weighted by molar-refractivity contribution is 0.242. The van der Waals surface area contributed by atoms with Crippen LogP contribution in [-0.2, 0) is 19.5 Å². The highest BCUT2D eigenvalue weighted by Gasteiger charge is 2.20. The number of rotatable bonds is 4. The van der Waals surface area contributed by atoms with E-state index in [0.29, 0.717) is 0 Å². The van der Waals surface area contributed by atoms with Crippen molar-refractivity contribution in [3.05, 3.63) is 89.5 Å². The molecule has 30 heavy (non-hydrogen) atoms. The van der Waals surface area contributed by atoms with E-state index in [0.717, 1.165) is 65.6 Å². The summed E-state index contributed by atoms with van der Waals surface area (Å²) in [7, 11) is 0. The highest BCUT2D eigenvalue weighted by molar-refractivity contribution is 5.53. The van der Waals surface area contributed by atoms with E-state index in [-0.39, 0.29) is 5.82 Å². The van der Waals surface area contributed by atoms with Crippen LogP contribution < -0.4 is 0 Å². The molecule has 0 unspecified atom stereocenters. The fourth-order valence-electron chi connectivity index (χ4n) is 3.83. The van der Waals surface area contributed by atoms with Gasteiger partial charge in [-0.05, 0) is 43.3 Å². The number of nitrogens with zero attached hydrogens (tertiary/aromatic N) is 6. The van der Waals surface area contributed by atoms with Crippen molar-refractivity contribution in [3.63, 3.8) is 0 Å². The molecule has 0 amide bonds. The van der Waals surface area contributed by atoms with Gasteiger partial charge in [0.15, 0.2) is 5.82 Å². The smallest absolute Gasteiger partial charge is 0.160 e. The van der Waals surface area contributed by atoms with Crippen molar-refractivity contribution in [2.45, 2.75) is 26.4 Å². The molecule has 0 spiro atoms. The Labute approximate surface area is 174 Å². The van der Waals surface area contributed by atoms with E-state index in [2.05, 4.69) is 20.0 Å². The maximum Gasteiger partial charge on any atom is 0.160 e. The highest BCUT2D eigenvalue weighted by Crippen LogP contribution is 2.23. The van der Waals surface area contributed by atoms with Gasteiger partial charge in [0.05, 0.1) is 17.6 Å². The van der Waals surface area contributed by atoms with Gasteiger partial charge in [-0.3, -0.25) is 9.88 Å². The zero-order chi connectivity index (χ0) is 20.5. The summed E-state index contributed by atoms with van der Waals surface area (Å²) in [4.78, 5) is 15.9. The van der Waals surface area contributed by atoms with Gasteiger partial charge < -0.3 is 0 Å². The van der Waals surface area contributed by atoms with Crippen LogP contribution in [0, 0.1) is 12.7 Å². The largest absolute Gasteiger partial charge is 0.294 e. The maximum atomic E-state index is 13.2. The van der Waals surface area contributed by atoms with Crippen LogP contribution in [0.1, 0.15) is 22.5 Å².